The molecule has 0 spiro atoms. The fraction of sp³-hybridized carbons (Fsp3) is 0.300. The lowest BCUT2D eigenvalue weighted by atomic mass is 10.1. The summed E-state index contributed by atoms with van der Waals surface area (Å²) in [6.07, 6.45) is 1.19. The first-order valence-electron chi connectivity index (χ1n) is 4.51. The first-order chi connectivity index (χ1) is 7.05. The Bertz CT molecular complexity index is 507. The van der Waals surface area contributed by atoms with Crippen molar-refractivity contribution in [2.45, 2.75) is 23.0 Å². The third kappa shape index (κ3) is 1.74. The van der Waals surface area contributed by atoms with Crippen LogP contribution >= 0.6 is 15.9 Å². The van der Waals surface area contributed by atoms with E-state index in [4.69, 9.17) is 0 Å². The summed E-state index contributed by atoms with van der Waals surface area (Å²) in [5.74, 6) is 0. The summed E-state index contributed by atoms with van der Waals surface area (Å²) in [6.45, 7) is 0. The van der Waals surface area contributed by atoms with Crippen molar-refractivity contribution in [3.05, 3.63) is 28.2 Å². The highest BCUT2D eigenvalue weighted by atomic mass is 79.9. The van der Waals surface area contributed by atoms with Crippen molar-refractivity contribution in [3.8, 4) is 0 Å². The molecule has 0 amide bonds. The van der Waals surface area contributed by atoms with Crippen LogP contribution in [0.4, 0.5) is 0 Å². The number of halogens is 1. The van der Waals surface area contributed by atoms with Crippen LogP contribution in [0.1, 0.15) is 12.0 Å². The quantitative estimate of drug-likeness (QED) is 0.779. The van der Waals surface area contributed by atoms with Gasteiger partial charge in [-0.3, -0.25) is 0 Å². The predicted molar refractivity (Wildman–Crippen MR) is 59.5 cm³/mol. The molecule has 5 heteroatoms. The number of hydrogen-bond acceptors (Lipinski definition) is 3. The maximum absolute atomic E-state index is 11.9. The second-order valence-electron chi connectivity index (χ2n) is 3.53. The molecule has 0 bridgehead atoms. The fourth-order valence-corrected chi connectivity index (χ4v) is 4.10. The van der Waals surface area contributed by atoms with Crippen molar-refractivity contribution < 1.29 is 13.2 Å². The second-order valence-corrected chi connectivity index (χ2v) is 6.64. The van der Waals surface area contributed by atoms with Crippen LogP contribution in [0.5, 0.6) is 0 Å². The Labute approximate surface area is 96.5 Å². The predicted octanol–water partition coefficient (Wildman–Crippen LogP) is 1.74. The smallest absolute Gasteiger partial charge is 0.182 e. The van der Waals surface area contributed by atoms with Crippen molar-refractivity contribution in [1.82, 2.24) is 0 Å². The van der Waals surface area contributed by atoms with Crippen LogP contribution in [0.15, 0.2) is 27.6 Å². The summed E-state index contributed by atoms with van der Waals surface area (Å²) in [5.41, 5.74) is 0.802. The highest BCUT2D eigenvalue weighted by Crippen LogP contribution is 2.33. The normalized spacial score (nSPS) is 22.3. The summed E-state index contributed by atoms with van der Waals surface area (Å²) in [7, 11) is -3.28. The highest BCUT2D eigenvalue weighted by Gasteiger charge is 2.36. The van der Waals surface area contributed by atoms with Crippen LogP contribution < -0.4 is 0 Å². The van der Waals surface area contributed by atoms with E-state index in [1.807, 2.05) is 0 Å². The first-order valence-corrected chi connectivity index (χ1v) is 6.85. The number of sulfone groups is 1. The van der Waals surface area contributed by atoms with E-state index in [0.717, 1.165) is 10.0 Å². The van der Waals surface area contributed by atoms with Crippen LogP contribution in [0.25, 0.3) is 0 Å². The molecule has 1 aliphatic rings. The van der Waals surface area contributed by atoms with E-state index in [-0.39, 0.29) is 6.42 Å². The summed E-state index contributed by atoms with van der Waals surface area (Å²) in [5, 5.41) is -0.570. The lowest BCUT2D eigenvalue weighted by Gasteiger charge is -2.03. The van der Waals surface area contributed by atoms with E-state index in [2.05, 4.69) is 15.9 Å². The molecule has 0 aromatic heterocycles. The molecular weight excluding hydrogens is 280 g/mol. The molecule has 1 heterocycles. The molecule has 0 radical (unpaired) electrons. The molecule has 1 unspecified atom stereocenters. The average Bonchev–Trinajstić information content (AvgIpc) is 2.39. The zero-order chi connectivity index (χ0) is 11.1. The van der Waals surface area contributed by atoms with E-state index in [1.54, 1.807) is 18.2 Å². The molecular formula is C10H9BrO3S. The Morgan fingerprint density at radius 3 is 2.87 bits per heavy atom. The number of aldehydes is 1. The molecule has 2 rings (SSSR count). The number of rotatable bonds is 2. The molecule has 0 aliphatic carbocycles. The minimum Gasteiger partial charge on any atom is -0.303 e. The second kappa shape index (κ2) is 3.72. The van der Waals surface area contributed by atoms with Crippen molar-refractivity contribution in [2.24, 2.45) is 0 Å². The van der Waals surface area contributed by atoms with Gasteiger partial charge in [-0.1, -0.05) is 15.9 Å². The van der Waals surface area contributed by atoms with Gasteiger partial charge in [-0.25, -0.2) is 8.42 Å². The van der Waals surface area contributed by atoms with E-state index in [0.29, 0.717) is 17.6 Å². The Balaban J connectivity index is 2.52. The standard InChI is InChI=1S/C10H9BrO3S/c11-8-1-2-10-7(5-8)6-9(3-4-12)15(10,13)14/h1-2,4-5,9H,3,6H2. The molecule has 80 valence electrons. The van der Waals surface area contributed by atoms with Crippen LogP contribution in [-0.4, -0.2) is 20.0 Å². The molecule has 1 aliphatic heterocycles. The largest absolute Gasteiger partial charge is 0.303 e. The van der Waals surface area contributed by atoms with Crippen molar-refractivity contribution >= 4 is 32.1 Å². The number of carbonyl (C=O) groups is 1. The molecule has 1 atom stereocenters. The van der Waals surface area contributed by atoms with Gasteiger partial charge in [0, 0.05) is 10.9 Å². The molecule has 0 saturated heterocycles. The Kier molecular flexibility index (Phi) is 2.68. The summed E-state index contributed by atoms with van der Waals surface area (Å²) >= 11 is 3.30. The van der Waals surface area contributed by atoms with E-state index < -0.39 is 15.1 Å². The zero-order valence-corrected chi connectivity index (χ0v) is 10.2. The van der Waals surface area contributed by atoms with Crippen molar-refractivity contribution in [3.63, 3.8) is 0 Å². The molecule has 1 aromatic rings. The van der Waals surface area contributed by atoms with E-state index in [9.17, 15) is 13.2 Å². The maximum atomic E-state index is 11.9. The van der Waals surface area contributed by atoms with Crippen molar-refractivity contribution in [2.75, 3.05) is 0 Å². The van der Waals surface area contributed by atoms with Gasteiger partial charge in [0.25, 0.3) is 0 Å². The number of carbonyl (C=O) groups excluding carboxylic acids is 1. The lowest BCUT2D eigenvalue weighted by Crippen LogP contribution is -2.17. The first kappa shape index (κ1) is 10.8. The molecule has 0 fully saturated rings. The molecule has 3 nitrogen and oxygen atoms in total. The van der Waals surface area contributed by atoms with Crippen LogP contribution in [0.2, 0.25) is 0 Å². The van der Waals surface area contributed by atoms with Gasteiger partial charge in [-0.05, 0) is 30.2 Å². The van der Waals surface area contributed by atoms with Gasteiger partial charge in [0.1, 0.15) is 6.29 Å². The van der Waals surface area contributed by atoms with Gasteiger partial charge in [0.2, 0.25) is 0 Å². The van der Waals surface area contributed by atoms with Crippen LogP contribution in [0.3, 0.4) is 0 Å². The number of fused-ring (bicyclic) bond motifs is 1. The van der Waals surface area contributed by atoms with E-state index >= 15 is 0 Å². The monoisotopic (exact) mass is 288 g/mol. The molecule has 15 heavy (non-hydrogen) atoms. The zero-order valence-electron chi connectivity index (χ0n) is 7.81. The van der Waals surface area contributed by atoms with Crippen LogP contribution in [0, 0.1) is 0 Å². The van der Waals surface area contributed by atoms with Crippen molar-refractivity contribution in [1.29, 1.82) is 0 Å². The van der Waals surface area contributed by atoms with Gasteiger partial charge in [0.05, 0.1) is 10.1 Å². The summed E-state index contributed by atoms with van der Waals surface area (Å²) in [6, 6.07) is 5.11. The van der Waals surface area contributed by atoms with Gasteiger partial charge in [0.15, 0.2) is 9.84 Å². The lowest BCUT2D eigenvalue weighted by molar-refractivity contribution is -0.107. The Morgan fingerprint density at radius 1 is 1.47 bits per heavy atom. The topological polar surface area (TPSA) is 51.2 Å². The molecule has 1 aromatic carbocycles. The SMILES string of the molecule is O=CCC1Cc2cc(Br)ccc2S1(=O)=O. The van der Waals surface area contributed by atoms with Gasteiger partial charge in [-0.15, -0.1) is 0 Å². The number of hydrogen-bond donors (Lipinski definition) is 0. The third-order valence-corrected chi connectivity index (χ3v) is 5.32. The van der Waals surface area contributed by atoms with Crippen LogP contribution in [-0.2, 0) is 21.1 Å². The third-order valence-electron chi connectivity index (χ3n) is 2.57. The maximum Gasteiger partial charge on any atom is 0.182 e. The Morgan fingerprint density at radius 2 is 2.20 bits per heavy atom. The fourth-order valence-electron chi connectivity index (χ4n) is 1.84. The highest BCUT2D eigenvalue weighted by molar-refractivity contribution is 9.10. The summed E-state index contributed by atoms with van der Waals surface area (Å²) in [4.78, 5) is 10.8. The van der Waals surface area contributed by atoms with Gasteiger partial charge < -0.3 is 4.79 Å². The number of benzene rings is 1. The summed E-state index contributed by atoms with van der Waals surface area (Å²) < 4.78 is 24.7. The average molecular weight is 289 g/mol. The van der Waals surface area contributed by atoms with E-state index in [1.165, 1.54) is 0 Å². The minimum atomic E-state index is -3.28. The van der Waals surface area contributed by atoms with Gasteiger partial charge >= 0.3 is 0 Å². The molecule has 0 saturated carbocycles. The minimum absolute atomic E-state index is 0.0780. The van der Waals surface area contributed by atoms with Gasteiger partial charge in [-0.2, -0.15) is 0 Å². The molecule has 0 N–H and O–H groups in total. The Hall–Kier alpha value is -0.680.